The average molecular weight is 466 g/mol. The maximum Gasteiger partial charge on any atom is 0.254 e. The summed E-state index contributed by atoms with van der Waals surface area (Å²) in [7, 11) is 1.62. The molecule has 2 aromatic rings. The van der Waals surface area contributed by atoms with Gasteiger partial charge in [0, 0.05) is 42.8 Å². The molecule has 0 saturated carbocycles. The molecule has 2 amide bonds. The molecule has 3 rings (SSSR count). The first-order chi connectivity index (χ1) is 16.2. The largest absolute Gasteiger partial charge is 0.394 e. The van der Waals surface area contributed by atoms with Crippen molar-refractivity contribution in [2.75, 3.05) is 18.9 Å². The van der Waals surface area contributed by atoms with Gasteiger partial charge in [0.15, 0.2) is 0 Å². The van der Waals surface area contributed by atoms with Crippen LogP contribution in [0.25, 0.3) is 0 Å². The van der Waals surface area contributed by atoms with E-state index in [1.807, 2.05) is 19.9 Å². The molecule has 3 N–H and O–H groups in total. The summed E-state index contributed by atoms with van der Waals surface area (Å²) in [5, 5.41) is 22.5. The summed E-state index contributed by atoms with van der Waals surface area (Å²) in [6, 6.07) is 7.99. The second kappa shape index (κ2) is 10.3. The fraction of sp³-hybridized carbons (Fsp3) is 0.280. The first-order valence-corrected chi connectivity index (χ1v) is 10.7. The Balaban J connectivity index is 2.20. The van der Waals surface area contributed by atoms with Gasteiger partial charge in [0.05, 0.1) is 23.6 Å². The fourth-order valence-electron chi connectivity index (χ4n) is 4.19. The molecule has 34 heavy (non-hydrogen) atoms. The lowest BCUT2D eigenvalue weighted by molar-refractivity contribution is -0.118. The number of carbonyl (C=O) groups is 2. The Kier molecular flexibility index (Phi) is 7.41. The molecule has 1 heterocycles. The van der Waals surface area contributed by atoms with Gasteiger partial charge in [-0.3, -0.25) is 9.59 Å². The Hall–Kier alpha value is -4.06. The summed E-state index contributed by atoms with van der Waals surface area (Å²) >= 11 is 0. The van der Waals surface area contributed by atoms with Crippen molar-refractivity contribution in [2.45, 2.75) is 25.8 Å². The van der Waals surface area contributed by atoms with E-state index in [2.05, 4.69) is 10.6 Å². The van der Waals surface area contributed by atoms with E-state index < -0.39 is 29.5 Å². The van der Waals surface area contributed by atoms with Gasteiger partial charge in [-0.05, 0) is 47.9 Å². The number of nitriles is 1. The zero-order chi connectivity index (χ0) is 25.0. The van der Waals surface area contributed by atoms with E-state index in [1.54, 1.807) is 7.05 Å². The fourth-order valence-corrected chi connectivity index (χ4v) is 4.19. The Morgan fingerprint density at radius 3 is 2.59 bits per heavy atom. The van der Waals surface area contributed by atoms with Crippen LogP contribution in [0.5, 0.6) is 0 Å². The van der Waals surface area contributed by atoms with Crippen molar-refractivity contribution in [3.63, 3.8) is 0 Å². The predicted molar refractivity (Wildman–Crippen MR) is 124 cm³/mol. The Bertz CT molecular complexity index is 1200. The minimum Gasteiger partial charge on any atom is -0.394 e. The predicted octanol–water partition coefficient (Wildman–Crippen LogP) is 3.79. The number of nitrogens with one attached hydrogen (secondary N) is 3. The summed E-state index contributed by atoms with van der Waals surface area (Å²) in [6.07, 6.45) is 2.56. The van der Waals surface area contributed by atoms with Crippen LogP contribution in [0.15, 0.2) is 48.2 Å². The highest BCUT2D eigenvalue weighted by Gasteiger charge is 2.45. The number of hydrogen-bond acceptors (Lipinski definition) is 5. The highest BCUT2D eigenvalue weighted by Crippen LogP contribution is 2.38. The number of halogens is 2. The van der Waals surface area contributed by atoms with Crippen molar-refractivity contribution in [1.82, 2.24) is 10.2 Å². The van der Waals surface area contributed by atoms with E-state index in [0.717, 1.165) is 30.5 Å². The molecule has 0 spiro atoms. The maximum absolute atomic E-state index is 14.3. The number of nitrogens with zero attached hydrogens (tertiary/aromatic N) is 2. The lowest BCUT2D eigenvalue weighted by Gasteiger charge is -2.42. The van der Waals surface area contributed by atoms with Crippen molar-refractivity contribution >= 4 is 23.7 Å². The molecule has 1 aliphatic rings. The van der Waals surface area contributed by atoms with Crippen LogP contribution < -0.4 is 10.6 Å². The summed E-state index contributed by atoms with van der Waals surface area (Å²) in [5.41, 5.74) is 0.773. The number of benzene rings is 2. The Morgan fingerprint density at radius 1 is 1.24 bits per heavy atom. The second-order valence-corrected chi connectivity index (χ2v) is 8.41. The Morgan fingerprint density at radius 2 is 1.97 bits per heavy atom. The number of anilines is 1. The summed E-state index contributed by atoms with van der Waals surface area (Å²) in [4.78, 5) is 28.6. The molecule has 0 aromatic heterocycles. The number of hydrogen-bond donors (Lipinski definition) is 3. The van der Waals surface area contributed by atoms with E-state index >= 15 is 0 Å². The zero-order valence-electron chi connectivity index (χ0n) is 19.0. The summed E-state index contributed by atoms with van der Waals surface area (Å²) in [5.74, 6) is -3.38. The van der Waals surface area contributed by atoms with Crippen molar-refractivity contribution in [3.05, 3.63) is 76.5 Å². The average Bonchev–Trinajstić information content (AvgIpc) is 2.78. The lowest BCUT2D eigenvalue weighted by atomic mass is 9.78. The minimum atomic E-state index is -1.10. The second-order valence-electron chi connectivity index (χ2n) is 8.41. The van der Waals surface area contributed by atoms with Crippen LogP contribution in [0.2, 0.25) is 0 Å². The van der Waals surface area contributed by atoms with Gasteiger partial charge in [-0.2, -0.15) is 5.26 Å². The molecular formula is C25H25F2N5O2. The molecule has 1 aliphatic heterocycles. The highest BCUT2D eigenvalue weighted by atomic mass is 19.1. The summed E-state index contributed by atoms with van der Waals surface area (Å²) < 4.78 is 28.3. The van der Waals surface area contributed by atoms with Crippen LogP contribution >= 0.6 is 0 Å². The smallest absolute Gasteiger partial charge is 0.254 e. The molecule has 0 radical (unpaired) electrons. The number of carbonyl (C=O) groups excluding carboxylic acids is 2. The van der Waals surface area contributed by atoms with Crippen LogP contribution in [0.1, 0.15) is 41.3 Å². The third kappa shape index (κ3) is 4.96. The quantitative estimate of drug-likeness (QED) is 0.541. The lowest BCUT2D eigenvalue weighted by Crippen LogP contribution is -2.53. The van der Waals surface area contributed by atoms with Crippen molar-refractivity contribution in [2.24, 2.45) is 5.92 Å². The number of amides is 2. The molecule has 0 fully saturated rings. The van der Waals surface area contributed by atoms with Gasteiger partial charge < -0.3 is 20.9 Å². The van der Waals surface area contributed by atoms with E-state index in [9.17, 15) is 18.4 Å². The van der Waals surface area contributed by atoms with Gasteiger partial charge >= 0.3 is 0 Å². The van der Waals surface area contributed by atoms with Crippen LogP contribution in [-0.2, 0) is 4.79 Å². The molecule has 1 unspecified atom stereocenters. The van der Waals surface area contributed by atoms with Crippen LogP contribution in [-0.4, -0.2) is 42.6 Å². The standard InChI is InChI=1S/C25H25F2N5O2/c1-14(2)13-32-23(16(11-29)12-30-3)22(21-9-17(26)4-5-20(21)25(32)34)24(33)31-19-7-15(10-28)6-18(27)8-19/h4-9,11-12,14,22-23,29-30H,13H2,1-3H3,(H,31,33)/b16-12+,29-11?/t22-,23?/m1/s1. The SMILES string of the molecule is CN/C=C(\C=N)C1[C@H](C(=O)Nc2cc(F)cc(C#N)c2)c2cc(F)ccc2C(=O)N1CC(C)C. The van der Waals surface area contributed by atoms with E-state index in [4.69, 9.17) is 10.7 Å². The zero-order valence-corrected chi connectivity index (χ0v) is 19.0. The van der Waals surface area contributed by atoms with Gasteiger partial charge in [0.25, 0.3) is 5.91 Å². The monoisotopic (exact) mass is 465 g/mol. The van der Waals surface area contributed by atoms with Crippen LogP contribution in [0.4, 0.5) is 14.5 Å². The molecule has 0 aliphatic carbocycles. The number of rotatable bonds is 7. The normalized spacial score (nSPS) is 17.7. The molecule has 0 saturated heterocycles. The van der Waals surface area contributed by atoms with E-state index in [0.29, 0.717) is 5.57 Å². The molecular weight excluding hydrogens is 440 g/mol. The molecule has 7 nitrogen and oxygen atoms in total. The van der Waals surface area contributed by atoms with Crippen molar-refractivity contribution in [1.29, 1.82) is 10.7 Å². The topological polar surface area (TPSA) is 109 Å². The van der Waals surface area contributed by atoms with Crippen LogP contribution in [0.3, 0.4) is 0 Å². The molecule has 0 bridgehead atoms. The van der Waals surface area contributed by atoms with Gasteiger partial charge in [0.2, 0.25) is 5.91 Å². The van der Waals surface area contributed by atoms with E-state index in [1.165, 1.54) is 23.2 Å². The third-order valence-electron chi connectivity index (χ3n) is 5.45. The summed E-state index contributed by atoms with van der Waals surface area (Å²) in [6.45, 7) is 4.13. The van der Waals surface area contributed by atoms with Crippen LogP contribution in [0, 0.1) is 34.3 Å². The molecule has 2 atom stereocenters. The third-order valence-corrected chi connectivity index (χ3v) is 5.45. The minimum absolute atomic E-state index is 0.0220. The van der Waals surface area contributed by atoms with Gasteiger partial charge in [-0.15, -0.1) is 0 Å². The Labute approximate surface area is 196 Å². The first kappa shape index (κ1) is 24.6. The van der Waals surface area contributed by atoms with Gasteiger partial charge in [-0.1, -0.05) is 13.8 Å². The maximum atomic E-state index is 14.3. The molecule has 176 valence electrons. The van der Waals surface area contributed by atoms with E-state index in [-0.39, 0.29) is 40.7 Å². The number of fused-ring (bicyclic) bond motifs is 1. The molecule has 2 aromatic carbocycles. The molecule has 9 heteroatoms. The van der Waals surface area contributed by atoms with Crippen molar-refractivity contribution in [3.8, 4) is 6.07 Å². The van der Waals surface area contributed by atoms with Crippen molar-refractivity contribution < 1.29 is 18.4 Å². The first-order valence-electron chi connectivity index (χ1n) is 10.7. The van der Waals surface area contributed by atoms with Gasteiger partial charge in [0.1, 0.15) is 11.6 Å². The highest BCUT2D eigenvalue weighted by molar-refractivity contribution is 6.06. The van der Waals surface area contributed by atoms with Gasteiger partial charge in [-0.25, -0.2) is 8.78 Å².